The fourth-order valence-electron chi connectivity index (χ4n) is 2.29. The van der Waals surface area contributed by atoms with E-state index in [2.05, 4.69) is 18.4 Å². The lowest BCUT2D eigenvalue weighted by Crippen LogP contribution is -2.01. The second-order valence-corrected chi connectivity index (χ2v) is 5.88. The van der Waals surface area contributed by atoms with Crippen molar-refractivity contribution >= 4 is 17.1 Å². The number of ketones is 1. The van der Waals surface area contributed by atoms with Gasteiger partial charge in [0.2, 0.25) is 0 Å². The SMILES string of the molecule is CCc1ccc(C(=O)c2ccc(-c3cccs3)cc2)cc1. The van der Waals surface area contributed by atoms with Gasteiger partial charge in [-0.25, -0.2) is 0 Å². The van der Waals surface area contributed by atoms with Crippen molar-refractivity contribution in [2.24, 2.45) is 0 Å². The molecule has 0 radical (unpaired) electrons. The minimum atomic E-state index is 0.0791. The summed E-state index contributed by atoms with van der Waals surface area (Å²) in [6, 6.07) is 19.8. The highest BCUT2D eigenvalue weighted by Gasteiger charge is 2.09. The lowest BCUT2D eigenvalue weighted by Gasteiger charge is -2.04. The van der Waals surface area contributed by atoms with Crippen LogP contribution >= 0.6 is 11.3 Å². The van der Waals surface area contributed by atoms with Gasteiger partial charge in [0.1, 0.15) is 0 Å². The highest BCUT2D eigenvalue weighted by Crippen LogP contribution is 2.25. The standard InChI is InChI=1S/C19H16OS/c1-2-14-5-7-16(8-6-14)19(20)17-11-9-15(10-12-17)18-4-3-13-21-18/h3-13H,2H2,1H3. The van der Waals surface area contributed by atoms with E-state index in [0.717, 1.165) is 23.1 Å². The molecule has 0 aliphatic heterocycles. The fourth-order valence-corrected chi connectivity index (χ4v) is 3.02. The zero-order chi connectivity index (χ0) is 14.7. The molecule has 3 rings (SSSR count). The molecule has 2 heteroatoms. The Bertz CT molecular complexity index is 722. The molecule has 3 aromatic rings. The Balaban J connectivity index is 1.84. The summed E-state index contributed by atoms with van der Waals surface area (Å²) < 4.78 is 0. The number of aryl methyl sites for hydroxylation is 1. The van der Waals surface area contributed by atoms with Gasteiger partial charge in [-0.3, -0.25) is 4.79 Å². The minimum absolute atomic E-state index is 0.0791. The Morgan fingerprint density at radius 2 is 1.52 bits per heavy atom. The predicted molar refractivity (Wildman–Crippen MR) is 89.0 cm³/mol. The highest BCUT2D eigenvalue weighted by molar-refractivity contribution is 7.13. The molecule has 0 N–H and O–H groups in total. The smallest absolute Gasteiger partial charge is 0.193 e. The molecular formula is C19H16OS. The van der Waals surface area contributed by atoms with Crippen molar-refractivity contribution in [1.29, 1.82) is 0 Å². The molecule has 0 aliphatic carbocycles. The van der Waals surface area contributed by atoms with Crippen LogP contribution in [0.1, 0.15) is 28.4 Å². The van der Waals surface area contributed by atoms with Crippen molar-refractivity contribution in [2.45, 2.75) is 13.3 Å². The summed E-state index contributed by atoms with van der Waals surface area (Å²) in [6.07, 6.45) is 0.990. The quantitative estimate of drug-likeness (QED) is 0.603. The summed E-state index contributed by atoms with van der Waals surface area (Å²) in [5, 5.41) is 2.06. The van der Waals surface area contributed by atoms with Crippen molar-refractivity contribution in [3.63, 3.8) is 0 Å². The summed E-state index contributed by atoms with van der Waals surface area (Å²) in [6.45, 7) is 2.11. The zero-order valence-corrected chi connectivity index (χ0v) is 12.7. The highest BCUT2D eigenvalue weighted by atomic mass is 32.1. The van der Waals surface area contributed by atoms with Crippen LogP contribution in [-0.4, -0.2) is 5.78 Å². The molecule has 0 unspecified atom stereocenters. The van der Waals surface area contributed by atoms with Gasteiger partial charge in [0, 0.05) is 16.0 Å². The van der Waals surface area contributed by atoms with Crippen LogP contribution in [0.5, 0.6) is 0 Å². The number of hydrogen-bond donors (Lipinski definition) is 0. The first-order valence-electron chi connectivity index (χ1n) is 7.05. The first-order chi connectivity index (χ1) is 10.3. The number of carbonyl (C=O) groups is 1. The van der Waals surface area contributed by atoms with Gasteiger partial charge in [0.25, 0.3) is 0 Å². The molecule has 0 saturated heterocycles. The van der Waals surface area contributed by atoms with Crippen LogP contribution in [0.15, 0.2) is 66.0 Å². The van der Waals surface area contributed by atoms with Crippen LogP contribution < -0.4 is 0 Å². The molecule has 0 saturated carbocycles. The Kier molecular flexibility index (Phi) is 3.98. The maximum atomic E-state index is 12.4. The van der Waals surface area contributed by atoms with Gasteiger partial charge in [-0.15, -0.1) is 11.3 Å². The van der Waals surface area contributed by atoms with Crippen LogP contribution in [0, 0.1) is 0 Å². The van der Waals surface area contributed by atoms with E-state index < -0.39 is 0 Å². The van der Waals surface area contributed by atoms with Gasteiger partial charge >= 0.3 is 0 Å². The maximum absolute atomic E-state index is 12.4. The first-order valence-corrected chi connectivity index (χ1v) is 7.93. The number of thiophene rings is 1. The third kappa shape index (κ3) is 2.96. The molecule has 0 fully saturated rings. The van der Waals surface area contributed by atoms with E-state index in [-0.39, 0.29) is 5.78 Å². The van der Waals surface area contributed by atoms with Crippen molar-refractivity contribution in [1.82, 2.24) is 0 Å². The molecule has 0 atom stereocenters. The third-order valence-electron chi connectivity index (χ3n) is 3.58. The number of rotatable bonds is 4. The number of benzene rings is 2. The van der Waals surface area contributed by atoms with Crippen LogP contribution in [0.2, 0.25) is 0 Å². The van der Waals surface area contributed by atoms with E-state index in [9.17, 15) is 4.79 Å². The monoisotopic (exact) mass is 292 g/mol. The van der Waals surface area contributed by atoms with E-state index in [4.69, 9.17) is 0 Å². The van der Waals surface area contributed by atoms with E-state index in [1.807, 2.05) is 54.6 Å². The fraction of sp³-hybridized carbons (Fsp3) is 0.105. The second kappa shape index (κ2) is 6.06. The van der Waals surface area contributed by atoms with E-state index in [0.29, 0.717) is 0 Å². The van der Waals surface area contributed by atoms with Crippen molar-refractivity contribution in [3.8, 4) is 10.4 Å². The summed E-state index contributed by atoms with van der Waals surface area (Å²) in [5.41, 5.74) is 3.89. The lowest BCUT2D eigenvalue weighted by molar-refractivity contribution is 0.103. The molecule has 21 heavy (non-hydrogen) atoms. The Morgan fingerprint density at radius 1 is 0.905 bits per heavy atom. The van der Waals surface area contributed by atoms with Crippen LogP contribution in [0.25, 0.3) is 10.4 Å². The van der Waals surface area contributed by atoms with E-state index in [1.165, 1.54) is 10.4 Å². The Morgan fingerprint density at radius 3 is 2.05 bits per heavy atom. The van der Waals surface area contributed by atoms with Gasteiger partial charge in [-0.2, -0.15) is 0 Å². The first kappa shape index (κ1) is 13.8. The topological polar surface area (TPSA) is 17.1 Å². The van der Waals surface area contributed by atoms with E-state index in [1.54, 1.807) is 11.3 Å². The molecule has 0 amide bonds. The summed E-state index contributed by atoms with van der Waals surface area (Å²) in [7, 11) is 0. The molecule has 0 bridgehead atoms. The molecule has 0 aliphatic rings. The lowest BCUT2D eigenvalue weighted by atomic mass is 10.0. The van der Waals surface area contributed by atoms with Crippen LogP contribution in [-0.2, 0) is 6.42 Å². The average Bonchev–Trinajstić information content (AvgIpc) is 3.09. The van der Waals surface area contributed by atoms with Gasteiger partial charge in [-0.05, 0) is 29.0 Å². The molecule has 2 aromatic carbocycles. The Labute approximate surface area is 128 Å². The Hall–Kier alpha value is -2.19. The zero-order valence-electron chi connectivity index (χ0n) is 11.9. The number of hydrogen-bond acceptors (Lipinski definition) is 2. The largest absolute Gasteiger partial charge is 0.289 e. The average molecular weight is 292 g/mol. The molecule has 104 valence electrons. The van der Waals surface area contributed by atoms with Crippen molar-refractivity contribution < 1.29 is 4.79 Å². The molecule has 1 heterocycles. The third-order valence-corrected chi connectivity index (χ3v) is 4.50. The van der Waals surface area contributed by atoms with E-state index >= 15 is 0 Å². The summed E-state index contributed by atoms with van der Waals surface area (Å²) in [5.74, 6) is 0.0791. The van der Waals surface area contributed by atoms with Crippen LogP contribution in [0.3, 0.4) is 0 Å². The maximum Gasteiger partial charge on any atom is 0.193 e. The second-order valence-electron chi connectivity index (χ2n) is 4.93. The molecule has 1 aromatic heterocycles. The molecular weight excluding hydrogens is 276 g/mol. The van der Waals surface area contributed by atoms with Crippen LogP contribution in [0.4, 0.5) is 0 Å². The number of carbonyl (C=O) groups excluding carboxylic acids is 1. The van der Waals surface area contributed by atoms with Crippen molar-refractivity contribution in [2.75, 3.05) is 0 Å². The predicted octanol–water partition coefficient (Wildman–Crippen LogP) is 5.21. The summed E-state index contributed by atoms with van der Waals surface area (Å²) >= 11 is 1.71. The summed E-state index contributed by atoms with van der Waals surface area (Å²) in [4.78, 5) is 13.7. The van der Waals surface area contributed by atoms with Gasteiger partial charge in [0.05, 0.1) is 0 Å². The molecule has 0 spiro atoms. The van der Waals surface area contributed by atoms with Gasteiger partial charge in [-0.1, -0.05) is 61.5 Å². The normalized spacial score (nSPS) is 10.5. The van der Waals surface area contributed by atoms with Crippen molar-refractivity contribution in [3.05, 3.63) is 82.7 Å². The minimum Gasteiger partial charge on any atom is -0.289 e. The molecule has 1 nitrogen and oxygen atoms in total. The van der Waals surface area contributed by atoms with Gasteiger partial charge in [0.15, 0.2) is 5.78 Å². The van der Waals surface area contributed by atoms with Gasteiger partial charge < -0.3 is 0 Å².